The third-order valence-electron chi connectivity index (χ3n) is 17.5. The number of carbonyl (C=O) groups is 14. The fourth-order valence-electron chi connectivity index (χ4n) is 10.9. The van der Waals surface area contributed by atoms with Crippen LogP contribution in [0.2, 0.25) is 0 Å². The Bertz CT molecular complexity index is 3160. The molecule has 0 spiro atoms. The summed E-state index contributed by atoms with van der Waals surface area (Å²) in [7, 11) is 0. The van der Waals surface area contributed by atoms with Gasteiger partial charge < -0.3 is 90.9 Å². The summed E-state index contributed by atoms with van der Waals surface area (Å²) in [5.74, 6) is -15.6. The second-order valence-electron chi connectivity index (χ2n) is 25.9. The number of imidazole rings is 1. The maximum atomic E-state index is 14.9. The number of carbonyl (C=O) groups excluding carboxylic acids is 12. The van der Waals surface area contributed by atoms with E-state index in [2.05, 4.69) is 73.4 Å². The van der Waals surface area contributed by atoms with E-state index < -0.39 is 192 Å². The van der Waals surface area contributed by atoms with E-state index in [1.807, 2.05) is 27.7 Å². The molecule has 1 saturated heterocycles. The van der Waals surface area contributed by atoms with Gasteiger partial charge in [0.15, 0.2) is 0 Å². The van der Waals surface area contributed by atoms with Crippen LogP contribution in [-0.4, -0.2) is 199 Å². The summed E-state index contributed by atoms with van der Waals surface area (Å²) >= 11 is 1.20. The quantitative estimate of drug-likeness (QED) is 0.0401. The largest absolute Gasteiger partial charge is 0.481 e. The number of nitrogens with one attached hydrogen (secondary N) is 12. The first kappa shape index (κ1) is 83.4. The molecule has 1 fully saturated rings. The number of nitrogens with two attached hydrogens (primary N) is 3. The highest BCUT2D eigenvalue weighted by Gasteiger charge is 2.40. The van der Waals surface area contributed by atoms with E-state index in [0.717, 1.165) is 6.42 Å². The molecule has 15 atom stereocenters. The lowest BCUT2D eigenvalue weighted by molar-refractivity contribution is -0.142. The number of benzene rings is 1. The Hall–Kier alpha value is -9.05. The number of primary amides is 1. The van der Waals surface area contributed by atoms with Gasteiger partial charge in [0.25, 0.3) is 0 Å². The fraction of sp³-hybridized carbons (Fsp3) is 0.636. The number of hydrogen-bond donors (Lipinski definition) is 17. The third-order valence-corrected chi connectivity index (χ3v) is 18.8. The van der Waals surface area contributed by atoms with Gasteiger partial charge in [0.05, 0.1) is 36.8 Å². The van der Waals surface area contributed by atoms with Crippen molar-refractivity contribution in [3.05, 3.63) is 54.1 Å². The first-order valence-corrected chi connectivity index (χ1v) is 35.0. The van der Waals surface area contributed by atoms with Gasteiger partial charge in [-0.05, 0) is 80.7 Å². The number of H-pyrrole nitrogens is 1. The molecule has 1 aromatic heterocycles. The van der Waals surface area contributed by atoms with Gasteiger partial charge in [-0.15, -0.1) is 0 Å². The van der Waals surface area contributed by atoms with E-state index >= 15 is 0 Å². The number of hydrogen-bond acceptors (Lipinski definition) is 19. The number of aromatic nitrogens is 2. The highest BCUT2D eigenvalue weighted by molar-refractivity contribution is 8.15. The number of thioether (sulfide) groups is 1. The molecule has 12 amide bonds. The highest BCUT2D eigenvalue weighted by atomic mass is 32.2. The molecular weight excluding hydrogens is 1320 g/mol. The van der Waals surface area contributed by atoms with Crippen molar-refractivity contribution in [3.63, 3.8) is 0 Å². The van der Waals surface area contributed by atoms with Crippen molar-refractivity contribution in [2.45, 2.75) is 223 Å². The van der Waals surface area contributed by atoms with Crippen LogP contribution in [-0.2, 0) is 80.0 Å². The molecular formula is C66H103N17O16S. The molecule has 34 heteroatoms. The fourth-order valence-corrected chi connectivity index (χ4v) is 12.0. The Morgan fingerprint density at radius 2 is 1.26 bits per heavy atom. The highest BCUT2D eigenvalue weighted by Crippen LogP contribution is 2.27. The average molecular weight is 1420 g/mol. The van der Waals surface area contributed by atoms with Crippen LogP contribution in [0.15, 0.2) is 47.8 Å². The van der Waals surface area contributed by atoms with E-state index in [9.17, 15) is 77.3 Å². The first-order valence-electron chi connectivity index (χ1n) is 34.1. The van der Waals surface area contributed by atoms with Gasteiger partial charge in [0.2, 0.25) is 70.9 Å². The Kier molecular flexibility index (Phi) is 35.1. The van der Waals surface area contributed by atoms with E-state index in [4.69, 9.17) is 17.2 Å². The van der Waals surface area contributed by atoms with Crippen molar-refractivity contribution in [2.75, 3.05) is 19.6 Å². The second-order valence-corrected chi connectivity index (χ2v) is 27.2. The number of rotatable bonds is 31. The van der Waals surface area contributed by atoms with Crippen molar-refractivity contribution >= 4 is 99.6 Å². The van der Waals surface area contributed by atoms with E-state index in [1.165, 1.54) is 24.3 Å². The summed E-state index contributed by atoms with van der Waals surface area (Å²) in [4.78, 5) is 207. The number of carboxylic acid groups (broad SMARTS) is 2. The molecule has 0 aliphatic carbocycles. The Morgan fingerprint density at radius 1 is 0.660 bits per heavy atom. The van der Waals surface area contributed by atoms with Crippen molar-refractivity contribution in [1.82, 2.24) is 68.5 Å². The van der Waals surface area contributed by atoms with Crippen LogP contribution in [0.5, 0.6) is 0 Å². The van der Waals surface area contributed by atoms with E-state index in [0.29, 0.717) is 16.3 Å². The monoisotopic (exact) mass is 1420 g/mol. The van der Waals surface area contributed by atoms with Crippen LogP contribution < -0.4 is 75.7 Å². The van der Waals surface area contributed by atoms with Crippen LogP contribution in [0.4, 0.5) is 0 Å². The molecule has 4 rings (SSSR count). The summed E-state index contributed by atoms with van der Waals surface area (Å²) in [5, 5.41) is 48.4. The van der Waals surface area contributed by atoms with Gasteiger partial charge in [-0.3, -0.25) is 72.1 Å². The minimum Gasteiger partial charge on any atom is -0.481 e. The zero-order chi connectivity index (χ0) is 74.3. The molecule has 2 aliphatic rings. The standard InChI is InChI=1S/C66H103N17O16S/c1-9-35(6)52(69)66-72-32-48(100-66)63(97)80-43(26-34(4)5)59(93)75-42(22-23-50(85)86)58(92)83-53(36(7)10-2)64(98)76-40-20-15-16-25-71-55(89)46(29-49(68)84)78-62(96)47(30-51(87)88)79-61(95)45(28-39-31-70-33-73-39)77-60(94)44(27-38-18-13-12-14-19-38)81-65(99)54(37(8)11-3)82-57(91)41(21-17-24-67)74-56(40)90/h12-14,18-19,31,33-37,40-48,52-54H,9-11,15-17,20-30,32,67,69H2,1-8H3,(H2,68,84)(H,70,73)(H,71,89)(H,74,90)(H,75,93)(H,76,98)(H,77,94)(H,78,96)(H,79,95)(H,80,97)(H,81,99)(H,82,91)(H,83,92)(H,85,86)(H,87,88)/t35-,36-,37-,40-,41+,42+,43-,44+,45-,46-,47+,48-,52-,53-,54-/m0/s1. The number of aromatic amines is 1. The number of nitrogens with zero attached hydrogens (tertiary/aromatic N) is 2. The molecule has 0 saturated carbocycles. The SMILES string of the molecule is CC[C@H](C)[C@H](N)C1=NC[C@@H](C(=O)N[C@@H](CC(C)C)C(=O)N[C@H](CCC(=O)O)C(=O)N[C@H](C(=O)N[C@H]2CCCCNC(=O)[C@H](CC(N)=O)NC(=O)[C@@H](CC(=O)O)NC(=O)[C@H](Cc3cnc[nH]3)NC(=O)[C@@H](Cc3ccccc3)NC(=O)[C@H]([C@@H](C)CC)NC(=O)[C@@H](CCCN)NC2=O)[C@@H](C)CC)S1. The first-order chi connectivity index (χ1) is 47.4. The van der Waals surface area contributed by atoms with Gasteiger partial charge in [0.1, 0.15) is 65.7 Å². The second kappa shape index (κ2) is 42.1. The van der Waals surface area contributed by atoms with Crippen LogP contribution in [0.1, 0.15) is 150 Å². The zero-order valence-electron chi connectivity index (χ0n) is 58.2. The zero-order valence-corrected chi connectivity index (χ0v) is 59.0. The van der Waals surface area contributed by atoms with Crippen molar-refractivity contribution in [2.24, 2.45) is 45.9 Å². The molecule has 0 bridgehead atoms. The van der Waals surface area contributed by atoms with Crippen LogP contribution in [0.3, 0.4) is 0 Å². The molecule has 100 heavy (non-hydrogen) atoms. The smallest absolute Gasteiger partial charge is 0.305 e. The lowest BCUT2D eigenvalue weighted by Gasteiger charge is -2.30. The topological polar surface area (TPSA) is 531 Å². The third kappa shape index (κ3) is 27.6. The van der Waals surface area contributed by atoms with Gasteiger partial charge in [-0.2, -0.15) is 0 Å². The summed E-state index contributed by atoms with van der Waals surface area (Å²) in [6.45, 7) is 14.2. The van der Waals surface area contributed by atoms with Gasteiger partial charge in [-0.1, -0.05) is 117 Å². The lowest BCUT2D eigenvalue weighted by atomic mass is 9.96. The van der Waals surface area contributed by atoms with Crippen molar-refractivity contribution in [1.29, 1.82) is 0 Å². The van der Waals surface area contributed by atoms with Gasteiger partial charge in [-0.25, -0.2) is 4.98 Å². The molecule has 554 valence electrons. The summed E-state index contributed by atoms with van der Waals surface area (Å²) < 4.78 is 0. The number of aliphatic carboxylic acids is 2. The maximum absolute atomic E-state index is 14.9. The number of carboxylic acids is 2. The van der Waals surface area contributed by atoms with Crippen LogP contribution in [0.25, 0.3) is 0 Å². The number of amides is 12. The van der Waals surface area contributed by atoms with E-state index in [-0.39, 0.29) is 95.7 Å². The van der Waals surface area contributed by atoms with Crippen LogP contribution in [0, 0.1) is 23.7 Å². The molecule has 3 heterocycles. The average Bonchev–Trinajstić information content (AvgIpc) is 1.28. The maximum Gasteiger partial charge on any atom is 0.305 e. The van der Waals surface area contributed by atoms with Crippen LogP contribution >= 0.6 is 11.8 Å². The predicted molar refractivity (Wildman–Crippen MR) is 369 cm³/mol. The molecule has 1 aromatic carbocycles. The van der Waals surface area contributed by atoms with Gasteiger partial charge in [0, 0.05) is 37.7 Å². The molecule has 2 aliphatic heterocycles. The summed E-state index contributed by atoms with van der Waals surface area (Å²) in [6.07, 6.45) is 0.386. The Labute approximate surface area is 586 Å². The molecule has 33 nitrogen and oxygen atoms in total. The minimum absolute atomic E-state index is 0.00169. The molecule has 0 unspecified atom stereocenters. The van der Waals surface area contributed by atoms with Gasteiger partial charge >= 0.3 is 11.9 Å². The minimum atomic E-state index is -1.94. The molecule has 20 N–H and O–H groups in total. The predicted octanol–water partition coefficient (Wildman–Crippen LogP) is -1.68. The lowest BCUT2D eigenvalue weighted by Crippen LogP contribution is -2.62. The number of aliphatic imine (C=N–C) groups is 1. The Morgan fingerprint density at radius 3 is 1.85 bits per heavy atom. The molecule has 0 radical (unpaired) electrons. The van der Waals surface area contributed by atoms with Crippen molar-refractivity contribution in [3.8, 4) is 0 Å². The normalized spacial score (nSPS) is 23.1. The van der Waals surface area contributed by atoms with Crippen molar-refractivity contribution < 1.29 is 77.3 Å². The van der Waals surface area contributed by atoms with E-state index in [1.54, 1.807) is 58.0 Å². The Balaban J connectivity index is 1.76. The molecule has 2 aromatic rings. The summed E-state index contributed by atoms with van der Waals surface area (Å²) in [5.41, 5.74) is 18.7. The summed E-state index contributed by atoms with van der Waals surface area (Å²) in [6, 6.07) is -7.45.